The summed E-state index contributed by atoms with van der Waals surface area (Å²) < 4.78 is 37.4. The molecule has 1 saturated heterocycles. The molecule has 2 atom stereocenters. The number of fused-ring (bicyclic) bond motifs is 7. The van der Waals surface area contributed by atoms with E-state index >= 15 is 0 Å². The van der Waals surface area contributed by atoms with E-state index in [4.69, 9.17) is 9.47 Å². The monoisotopic (exact) mass is 473 g/mol. The van der Waals surface area contributed by atoms with Crippen molar-refractivity contribution in [2.45, 2.75) is 32.0 Å². The van der Waals surface area contributed by atoms with Crippen molar-refractivity contribution in [2.75, 3.05) is 26.0 Å². The van der Waals surface area contributed by atoms with E-state index in [1.54, 1.807) is 30.3 Å². The van der Waals surface area contributed by atoms with Crippen LogP contribution in [0.5, 0.6) is 11.5 Å². The van der Waals surface area contributed by atoms with Gasteiger partial charge in [0.2, 0.25) is 10.0 Å². The van der Waals surface area contributed by atoms with Crippen LogP contribution in [0.15, 0.2) is 42.5 Å². The number of piperidine rings is 1. The second-order valence-corrected chi connectivity index (χ2v) is 10.3. The van der Waals surface area contributed by atoms with Crippen molar-refractivity contribution in [2.24, 2.45) is 0 Å². The normalized spacial score (nSPS) is 22.2. The summed E-state index contributed by atoms with van der Waals surface area (Å²) in [5.74, 6) is 0.381. The summed E-state index contributed by atoms with van der Waals surface area (Å²) in [7, 11) is -3.41. The molecule has 4 bridgehead atoms. The maximum atomic E-state index is 13.1. The molecule has 9 nitrogen and oxygen atoms in total. The van der Waals surface area contributed by atoms with Crippen LogP contribution in [0, 0.1) is 6.92 Å². The highest BCUT2D eigenvalue weighted by Gasteiger charge is 2.35. The van der Waals surface area contributed by atoms with Crippen molar-refractivity contribution in [1.29, 1.82) is 0 Å². The van der Waals surface area contributed by atoms with Crippen molar-refractivity contribution in [3.05, 3.63) is 59.2 Å². The summed E-state index contributed by atoms with van der Waals surface area (Å²) in [5, 5.41) is 5.75. The molecule has 10 heteroatoms. The summed E-state index contributed by atoms with van der Waals surface area (Å²) >= 11 is 0. The number of hydrogen-bond acceptors (Lipinski definition) is 6. The molecule has 0 saturated carbocycles. The van der Waals surface area contributed by atoms with Crippen LogP contribution in [0.4, 0.5) is 0 Å². The van der Waals surface area contributed by atoms with Crippen LogP contribution in [-0.4, -0.2) is 62.6 Å². The third-order valence-electron chi connectivity index (χ3n) is 5.81. The number of hydrogen-bond donors (Lipinski definition) is 2. The van der Waals surface area contributed by atoms with Crippen LogP contribution >= 0.6 is 0 Å². The van der Waals surface area contributed by atoms with E-state index in [2.05, 4.69) is 10.6 Å². The number of rotatable bonds is 1. The Hall–Kier alpha value is -3.11. The standard InChI is InChI=1S/C23H27N3O6S/c1-15-3-6-17-11-21(15)31-14-22(27)24-12-16-4-7-18(8-5-16)32-20-9-10-26(33(2,29)30)13-19(20)25-23(17)28/h3-8,11,19-20H,9-10,12-14H2,1-2H3,(H,24,27)(H,25,28)/t19-,20-/m0/s1. The van der Waals surface area contributed by atoms with Gasteiger partial charge in [-0.2, -0.15) is 4.31 Å². The van der Waals surface area contributed by atoms with Gasteiger partial charge in [0, 0.05) is 31.6 Å². The number of nitrogens with zero attached hydrogens (tertiary/aromatic N) is 1. The summed E-state index contributed by atoms with van der Waals surface area (Å²) in [5.41, 5.74) is 2.03. The maximum absolute atomic E-state index is 13.1. The molecular weight excluding hydrogens is 446 g/mol. The van der Waals surface area contributed by atoms with Gasteiger partial charge < -0.3 is 20.1 Å². The van der Waals surface area contributed by atoms with Crippen molar-refractivity contribution in [3.63, 3.8) is 0 Å². The molecule has 0 aromatic heterocycles. The Balaban J connectivity index is 1.66. The highest BCUT2D eigenvalue weighted by molar-refractivity contribution is 7.88. The first-order chi connectivity index (χ1) is 15.7. The van der Waals surface area contributed by atoms with E-state index in [1.807, 2.05) is 19.1 Å². The molecule has 0 unspecified atom stereocenters. The minimum absolute atomic E-state index is 0.112. The molecule has 33 heavy (non-hydrogen) atoms. The lowest BCUT2D eigenvalue weighted by molar-refractivity contribution is -0.123. The SMILES string of the molecule is Cc1ccc2cc1OCC(=O)NCc1ccc(cc1)O[C@H]1CCN(S(C)(=O)=O)C[C@@H]1NC2=O. The molecule has 3 aliphatic heterocycles. The fourth-order valence-corrected chi connectivity index (χ4v) is 4.75. The number of benzene rings is 2. The molecule has 0 radical (unpaired) electrons. The molecule has 176 valence electrons. The van der Waals surface area contributed by atoms with Crippen molar-refractivity contribution in [1.82, 2.24) is 14.9 Å². The number of carbonyl (C=O) groups excluding carboxylic acids is 2. The largest absolute Gasteiger partial charge is 0.488 e. The van der Waals surface area contributed by atoms with E-state index in [0.29, 0.717) is 36.6 Å². The van der Waals surface area contributed by atoms with Crippen LogP contribution < -0.4 is 20.1 Å². The summed E-state index contributed by atoms with van der Waals surface area (Å²) in [6.07, 6.45) is 1.18. The van der Waals surface area contributed by atoms with Gasteiger partial charge in [0.1, 0.15) is 17.6 Å². The molecule has 3 heterocycles. The first-order valence-corrected chi connectivity index (χ1v) is 12.6. The fourth-order valence-electron chi connectivity index (χ4n) is 3.89. The third kappa shape index (κ3) is 5.63. The van der Waals surface area contributed by atoms with Crippen molar-refractivity contribution in [3.8, 4) is 11.5 Å². The number of amides is 2. The summed E-state index contributed by atoms with van der Waals surface area (Å²) in [6, 6.07) is 11.7. The molecule has 3 aliphatic rings. The van der Waals surface area contributed by atoms with Gasteiger partial charge in [0.25, 0.3) is 11.8 Å². The smallest absolute Gasteiger partial charge is 0.258 e. The molecule has 0 aliphatic carbocycles. The number of aryl methyl sites for hydroxylation is 1. The second-order valence-electron chi connectivity index (χ2n) is 8.34. The van der Waals surface area contributed by atoms with Crippen molar-refractivity contribution >= 4 is 21.8 Å². The minimum Gasteiger partial charge on any atom is -0.488 e. The van der Waals surface area contributed by atoms with Gasteiger partial charge in [-0.3, -0.25) is 9.59 Å². The predicted molar refractivity (Wildman–Crippen MR) is 122 cm³/mol. The lowest BCUT2D eigenvalue weighted by atomic mass is 10.0. The molecule has 2 aromatic rings. The zero-order chi connectivity index (χ0) is 23.6. The summed E-state index contributed by atoms with van der Waals surface area (Å²) in [4.78, 5) is 25.3. The second kappa shape index (κ2) is 9.40. The Morgan fingerprint density at radius 3 is 2.58 bits per heavy atom. The lowest BCUT2D eigenvalue weighted by Crippen LogP contribution is -2.57. The zero-order valence-corrected chi connectivity index (χ0v) is 19.4. The van der Waals surface area contributed by atoms with Gasteiger partial charge in [-0.05, 0) is 42.3 Å². The first-order valence-electron chi connectivity index (χ1n) is 10.7. The van der Waals surface area contributed by atoms with Crippen molar-refractivity contribution < 1.29 is 27.5 Å². The number of carbonyl (C=O) groups is 2. The van der Waals surface area contributed by atoms with E-state index in [9.17, 15) is 18.0 Å². The Labute approximate surface area is 193 Å². The van der Waals surface area contributed by atoms with Gasteiger partial charge >= 0.3 is 0 Å². The quantitative estimate of drug-likeness (QED) is 0.644. The van der Waals surface area contributed by atoms with Gasteiger partial charge in [0.15, 0.2) is 6.61 Å². The third-order valence-corrected chi connectivity index (χ3v) is 7.08. The molecule has 2 amide bonds. The molecular formula is C23H27N3O6S. The van der Waals surface area contributed by atoms with Gasteiger partial charge in [-0.15, -0.1) is 0 Å². The van der Waals surface area contributed by atoms with Crippen LogP contribution in [-0.2, 0) is 21.4 Å². The van der Waals surface area contributed by atoms with Crippen LogP contribution in [0.25, 0.3) is 0 Å². The van der Waals surface area contributed by atoms with E-state index < -0.39 is 22.2 Å². The number of sulfonamides is 1. The van der Waals surface area contributed by atoms with Crippen LogP contribution in [0.3, 0.4) is 0 Å². The van der Waals surface area contributed by atoms with E-state index in [1.165, 1.54) is 4.31 Å². The van der Waals surface area contributed by atoms with E-state index in [0.717, 1.165) is 17.4 Å². The average Bonchev–Trinajstić information content (AvgIpc) is 2.78. The molecule has 1 fully saturated rings. The highest BCUT2D eigenvalue weighted by Crippen LogP contribution is 2.23. The van der Waals surface area contributed by atoms with Crippen LogP contribution in [0.2, 0.25) is 0 Å². The topological polar surface area (TPSA) is 114 Å². The average molecular weight is 474 g/mol. The van der Waals surface area contributed by atoms with Crippen LogP contribution in [0.1, 0.15) is 27.9 Å². The first kappa shape index (κ1) is 23.1. The summed E-state index contributed by atoms with van der Waals surface area (Å²) in [6.45, 7) is 2.41. The van der Waals surface area contributed by atoms with Gasteiger partial charge in [-0.1, -0.05) is 18.2 Å². The Kier molecular flexibility index (Phi) is 6.57. The fraction of sp³-hybridized carbons (Fsp3) is 0.391. The van der Waals surface area contributed by atoms with Gasteiger partial charge in [0.05, 0.1) is 12.3 Å². The molecule has 2 aromatic carbocycles. The molecule has 2 N–H and O–H groups in total. The van der Waals surface area contributed by atoms with Gasteiger partial charge in [-0.25, -0.2) is 8.42 Å². The molecule has 0 spiro atoms. The lowest BCUT2D eigenvalue weighted by Gasteiger charge is -2.37. The number of ether oxygens (including phenoxy) is 2. The Bertz CT molecular complexity index is 1150. The Morgan fingerprint density at radius 1 is 1.09 bits per heavy atom. The Morgan fingerprint density at radius 2 is 1.85 bits per heavy atom. The highest BCUT2D eigenvalue weighted by atomic mass is 32.2. The maximum Gasteiger partial charge on any atom is 0.258 e. The zero-order valence-electron chi connectivity index (χ0n) is 18.5. The van der Waals surface area contributed by atoms with E-state index in [-0.39, 0.29) is 25.0 Å². The number of nitrogens with one attached hydrogen (secondary N) is 2. The minimum atomic E-state index is -3.41. The molecule has 5 rings (SSSR count). The predicted octanol–water partition coefficient (Wildman–Crippen LogP) is 1.21.